The zero-order valence-corrected chi connectivity index (χ0v) is 84.4. The predicted molar refractivity (Wildman–Crippen MR) is 533 cm³/mol. The number of carbonyl (C=O) groups excluding carboxylic acids is 1. The minimum Gasteiger partial charge on any atom is -1.00 e. The second-order valence-corrected chi connectivity index (χ2v) is 37.9. The number of carbonyl (C=O) groups is 1. The average Bonchev–Trinajstić information content (AvgIpc) is 1.60. The van der Waals surface area contributed by atoms with Gasteiger partial charge in [0.2, 0.25) is 0 Å². The molecule has 0 bridgehead atoms. The van der Waals surface area contributed by atoms with Gasteiger partial charge in [0.1, 0.15) is 40.5 Å². The Morgan fingerprint density at radius 1 is 0.318 bits per heavy atom. The molecule has 0 unspecified atom stereocenters. The number of hydrogen-bond acceptors (Lipinski definition) is 11. The van der Waals surface area contributed by atoms with Crippen LogP contribution in [0.2, 0.25) is 5.15 Å². The summed E-state index contributed by atoms with van der Waals surface area (Å²) in [5.74, 6) is 0. The van der Waals surface area contributed by atoms with Crippen LogP contribution in [0.25, 0.3) is 55.4 Å². The monoisotopic (exact) mass is 1920 g/mol. The number of para-hydroxylation sites is 2. The number of aryl methyl sites for hydroxylation is 4. The largest absolute Gasteiger partial charge is 1.00 e. The number of nitrogens with zero attached hydrogens (tertiary/aromatic N) is 4. The van der Waals surface area contributed by atoms with E-state index in [1.807, 2.05) is 68.4 Å². The molecule has 11 nitrogen and oxygen atoms in total. The molecule has 16 aromatic carbocycles. The van der Waals surface area contributed by atoms with E-state index in [1.165, 1.54) is 81.1 Å². The van der Waals surface area contributed by atoms with Crippen molar-refractivity contribution in [3.8, 4) is 11.3 Å². The van der Waals surface area contributed by atoms with Gasteiger partial charge in [0.05, 0.1) is 0 Å². The minimum absolute atomic E-state index is 0. The van der Waals surface area contributed by atoms with Gasteiger partial charge in [0.15, 0.2) is 16.3 Å². The molecule has 0 spiro atoms. The van der Waals surface area contributed by atoms with Gasteiger partial charge < -0.3 is 30.5 Å². The summed E-state index contributed by atoms with van der Waals surface area (Å²) in [5.41, 5.74) is 11.6. The van der Waals surface area contributed by atoms with E-state index < -0.39 is 38.8 Å². The van der Waals surface area contributed by atoms with E-state index in [9.17, 15) is 0 Å². The van der Waals surface area contributed by atoms with Crippen LogP contribution in [0.1, 0.15) is 23.7 Å². The summed E-state index contributed by atoms with van der Waals surface area (Å²) < 4.78 is 11.5. The summed E-state index contributed by atoms with van der Waals surface area (Å²) in [4.78, 5) is 28.1. The fourth-order valence-corrected chi connectivity index (χ4v) is 23.6. The van der Waals surface area contributed by atoms with Crippen LogP contribution in [0, 0.1) is 27.7 Å². The molecule has 2 N–H and O–H groups in total. The third kappa shape index (κ3) is 29.6. The maximum absolute atomic E-state index is 8.83. The quantitative estimate of drug-likeness (QED) is 0.0250. The van der Waals surface area contributed by atoms with Crippen LogP contribution < -0.4 is 177 Å². The number of aromatic nitrogens is 4. The van der Waals surface area contributed by atoms with Gasteiger partial charge in [-0.1, -0.05) is 446 Å². The summed E-state index contributed by atoms with van der Waals surface area (Å²) in [5, 5.41) is 45.2. The molecule has 4 heterocycles. The molecule has 129 heavy (non-hydrogen) atoms. The molecule has 0 aliphatic heterocycles. The molecule has 20 rings (SSSR count). The number of halogens is 1. The van der Waals surface area contributed by atoms with Crippen molar-refractivity contribution < 1.29 is 158 Å². The van der Waals surface area contributed by atoms with E-state index in [2.05, 4.69) is 421 Å². The van der Waals surface area contributed by atoms with Crippen LogP contribution in [-0.2, 0) is 30.1 Å². The van der Waals surface area contributed by atoms with Crippen LogP contribution in [0.5, 0.6) is 0 Å². The first kappa shape index (κ1) is 102. The summed E-state index contributed by atoms with van der Waals surface area (Å²) in [6.07, 6.45) is 3.05. The van der Waals surface area contributed by atoms with Crippen LogP contribution in [-0.4, -0.2) is 43.6 Å². The zero-order chi connectivity index (χ0) is 87.4. The van der Waals surface area contributed by atoms with Crippen molar-refractivity contribution in [3.05, 3.63) is 489 Å². The fraction of sp³-hybridized carbons (Fsp3) is 0.0367. The molecule has 0 amide bonds. The number of hydrogen-bond donors (Lipinski definition) is 2. The number of benzene rings is 16. The van der Waals surface area contributed by atoms with Crippen LogP contribution in [0.4, 0.5) is 0 Å². The van der Waals surface area contributed by atoms with Gasteiger partial charge in [0.25, 0.3) is 6.47 Å². The molecule has 20 aromatic rings. The Morgan fingerprint density at radius 3 is 0.767 bits per heavy atom. The summed E-state index contributed by atoms with van der Waals surface area (Å²) in [7, 11) is -3.14. The zero-order valence-electron chi connectivity index (χ0n) is 73.2. The van der Waals surface area contributed by atoms with Crippen molar-refractivity contribution in [2.45, 2.75) is 27.7 Å². The SMILES string of the molecule is Cc1cc(C)cc(-c2ncnc3c2oc2ccccc23)c1.Cc1cc(C)cc(B(O)O)c1.Clc1ncnc2c1oc1ccccc12.O=CO[O-].[H-].[K+].[K+].[Pd].c1ccc(P(c2ccccc2)c2ccccc2)cc1.c1ccc(P(c2ccccc2)c2ccccc2)cc1.c1ccc(P(c2ccccc2)c2ccccc2)cc1.c1ccc(P(c2ccccc2)c2ccccc2)cc1. The first-order valence-electron chi connectivity index (χ1n) is 40.9. The van der Waals surface area contributed by atoms with E-state index in [0.29, 0.717) is 16.2 Å². The molecule has 632 valence electrons. The summed E-state index contributed by atoms with van der Waals surface area (Å²) in [6, 6.07) is 157. The Kier molecular flexibility index (Phi) is 43.0. The van der Waals surface area contributed by atoms with Crippen LogP contribution >= 0.6 is 43.3 Å². The molecule has 20 heteroatoms. The van der Waals surface area contributed by atoms with Crippen molar-refractivity contribution in [1.29, 1.82) is 0 Å². The van der Waals surface area contributed by atoms with E-state index >= 15 is 0 Å². The van der Waals surface area contributed by atoms with E-state index in [1.54, 1.807) is 18.5 Å². The molecule has 0 aliphatic carbocycles. The smallest absolute Gasteiger partial charge is 1.00 e. The molecule has 0 saturated heterocycles. The van der Waals surface area contributed by atoms with E-state index in [4.69, 9.17) is 40.5 Å². The first-order chi connectivity index (χ1) is 61.9. The maximum Gasteiger partial charge on any atom is 1.00 e. The van der Waals surface area contributed by atoms with Crippen molar-refractivity contribution in [1.82, 2.24) is 19.9 Å². The average molecular weight is 1920 g/mol. The Morgan fingerprint density at radius 2 is 0.527 bits per heavy atom. The Labute approximate surface area is 865 Å². The first-order valence-corrected chi connectivity index (χ1v) is 46.6. The van der Waals surface area contributed by atoms with Crippen LogP contribution in [0.15, 0.2) is 470 Å². The van der Waals surface area contributed by atoms with Crippen LogP contribution in [0.3, 0.4) is 0 Å². The molecular formula is C109H92BClK2N4O7P4Pd. The number of fused-ring (bicyclic) bond motifs is 6. The van der Waals surface area contributed by atoms with E-state index in [-0.39, 0.29) is 131 Å². The molecular weight excluding hydrogens is 1830 g/mol. The molecule has 0 atom stereocenters. The molecule has 0 aliphatic rings. The molecule has 4 aromatic heterocycles. The van der Waals surface area contributed by atoms with Crippen molar-refractivity contribution >= 4 is 170 Å². The maximum atomic E-state index is 8.83. The summed E-state index contributed by atoms with van der Waals surface area (Å²) >= 11 is 5.88. The molecule has 0 fully saturated rings. The van der Waals surface area contributed by atoms with Crippen molar-refractivity contribution in [2.24, 2.45) is 0 Å². The second kappa shape index (κ2) is 54.5. The predicted octanol–water partition coefficient (Wildman–Crippen LogP) is 14.0. The van der Waals surface area contributed by atoms with Crippen molar-refractivity contribution in [2.75, 3.05) is 0 Å². The summed E-state index contributed by atoms with van der Waals surface area (Å²) in [6.45, 7) is 7.86. The minimum atomic E-state index is -1.35. The topological polar surface area (TPSA) is 168 Å². The Balaban J connectivity index is 0.000000170. The third-order valence-electron chi connectivity index (χ3n) is 19.5. The second-order valence-electron chi connectivity index (χ2n) is 28.7. The van der Waals surface area contributed by atoms with Gasteiger partial charge in [-0.25, -0.2) is 19.9 Å². The van der Waals surface area contributed by atoms with E-state index in [0.717, 1.165) is 60.9 Å². The molecule has 0 radical (unpaired) electrons. The Bertz CT molecular complexity index is 5790. The third-order valence-corrected chi connectivity index (χ3v) is 29.6. The van der Waals surface area contributed by atoms with Gasteiger partial charge in [-0.3, -0.25) is 4.79 Å². The van der Waals surface area contributed by atoms with Crippen molar-refractivity contribution in [3.63, 3.8) is 0 Å². The Hall–Kier alpha value is -9.36. The molecule has 0 saturated carbocycles. The standard InChI is InChI=1S/C18H14N2O.4C18H15P.C10H5ClN2O.C8H11BO2.CH2O3.2K.Pd.H/c1-11-7-12(2)9-13(8-11)16-18-17(20-10-19-16)14-5-3-4-6-15(14)21-18;4*1-4-10-16(11-5-1)19(17-12-6-2-7-13-17)18-14-8-3-9-15-18;11-10-9-8(12-5-13-10)6-3-1-2-4-7(6)14-9;1-6-3-7(2)5-8(4-6)9(10)11;2-1-4-3;;;;/h3-10H,1-2H3;4*1-15H;1-5H;3-5,10-11H,1-2H3;1,3H;;;;/q;;;;;;;;2*+1;;-1/p-1. The van der Waals surface area contributed by atoms with Gasteiger partial charge in [-0.15, -0.1) is 0 Å². The number of rotatable bonds is 15. The number of furan rings is 2. The normalized spacial score (nSPS) is 10.3. The fourth-order valence-electron chi connectivity index (χ4n) is 14.2. The van der Waals surface area contributed by atoms with Gasteiger partial charge in [-0.2, -0.15) is 0 Å². The van der Waals surface area contributed by atoms with Gasteiger partial charge >= 0.3 is 110 Å². The van der Waals surface area contributed by atoms with Gasteiger partial charge in [-0.05, 0) is 165 Å². The van der Waals surface area contributed by atoms with Gasteiger partial charge in [0, 0.05) is 36.8 Å².